The van der Waals surface area contributed by atoms with Gasteiger partial charge in [0.25, 0.3) is 0 Å². The average Bonchev–Trinajstić information content (AvgIpc) is 3.12. The van der Waals surface area contributed by atoms with Gasteiger partial charge in [0.15, 0.2) is 0 Å². The van der Waals surface area contributed by atoms with Crippen LogP contribution in [0.3, 0.4) is 0 Å². The fourth-order valence-electron chi connectivity index (χ4n) is 2.37. The van der Waals surface area contributed by atoms with Crippen LogP contribution < -0.4 is 5.32 Å². The average molecular weight is 463 g/mol. The topological polar surface area (TPSA) is 68.3 Å². The maximum absolute atomic E-state index is 13.1. The van der Waals surface area contributed by atoms with Crippen LogP contribution in [0.25, 0.3) is 0 Å². The molecule has 2 aromatic carbocycles. The molecule has 3 aromatic rings. The molecule has 1 aromatic heterocycles. The summed E-state index contributed by atoms with van der Waals surface area (Å²) in [5, 5.41) is 5.23. The van der Waals surface area contributed by atoms with Gasteiger partial charge in [-0.25, -0.2) is 14.2 Å². The largest absolute Gasteiger partial charge is 0.456 e. The Bertz CT molecular complexity index is 979. The maximum atomic E-state index is 13.1. The highest BCUT2D eigenvalue weighted by Gasteiger charge is 2.14. The summed E-state index contributed by atoms with van der Waals surface area (Å²) < 4.78 is 18.6. The molecule has 0 aliphatic heterocycles. The molecular weight excluding hydrogens is 447 g/mol. The minimum atomic E-state index is -0.581. The summed E-state index contributed by atoms with van der Waals surface area (Å²) in [5.74, 6) is -1.16. The molecular formula is C20H16BrFN2O3S. The third kappa shape index (κ3) is 5.71. The second-order valence-corrected chi connectivity index (χ2v) is 7.67. The standard InChI is InChI=1S/C20H16BrFN2O3S/c21-17-8-14(22)6-7-16(17)20(26)27-11-15-12-28-19(24-15)9-18(25)23-10-13-4-2-1-3-5-13/h1-8,12H,9-11H2,(H,23,25). The molecule has 144 valence electrons. The maximum Gasteiger partial charge on any atom is 0.339 e. The molecule has 0 aliphatic carbocycles. The highest BCUT2D eigenvalue weighted by Crippen LogP contribution is 2.20. The van der Waals surface area contributed by atoms with Crippen molar-refractivity contribution in [2.75, 3.05) is 0 Å². The minimum Gasteiger partial charge on any atom is -0.456 e. The summed E-state index contributed by atoms with van der Waals surface area (Å²) in [6.07, 6.45) is 0.162. The van der Waals surface area contributed by atoms with Gasteiger partial charge in [0.05, 0.1) is 17.7 Å². The summed E-state index contributed by atoms with van der Waals surface area (Å²) in [5.41, 5.74) is 1.81. The fraction of sp³-hybridized carbons (Fsp3) is 0.150. The first-order chi connectivity index (χ1) is 13.5. The molecule has 28 heavy (non-hydrogen) atoms. The Morgan fingerprint density at radius 3 is 2.71 bits per heavy atom. The molecule has 3 rings (SSSR count). The Morgan fingerprint density at radius 1 is 1.18 bits per heavy atom. The number of benzene rings is 2. The lowest BCUT2D eigenvalue weighted by Gasteiger charge is -2.05. The van der Waals surface area contributed by atoms with E-state index < -0.39 is 11.8 Å². The number of amides is 1. The molecule has 1 N–H and O–H groups in total. The van der Waals surface area contributed by atoms with Crippen molar-refractivity contribution in [1.82, 2.24) is 10.3 Å². The van der Waals surface area contributed by atoms with Gasteiger partial charge >= 0.3 is 5.97 Å². The molecule has 0 fully saturated rings. The number of aromatic nitrogens is 1. The number of hydrogen-bond acceptors (Lipinski definition) is 5. The molecule has 0 aliphatic rings. The normalized spacial score (nSPS) is 10.5. The fourth-order valence-corrected chi connectivity index (χ4v) is 3.65. The molecule has 0 unspecified atom stereocenters. The Morgan fingerprint density at radius 2 is 1.96 bits per heavy atom. The van der Waals surface area contributed by atoms with Crippen molar-refractivity contribution in [2.24, 2.45) is 0 Å². The van der Waals surface area contributed by atoms with Gasteiger partial charge in [-0.05, 0) is 39.7 Å². The highest BCUT2D eigenvalue weighted by atomic mass is 79.9. The molecule has 5 nitrogen and oxygen atoms in total. The zero-order valence-electron chi connectivity index (χ0n) is 14.7. The Hall–Kier alpha value is -2.58. The van der Waals surface area contributed by atoms with Crippen LogP contribution in [0.2, 0.25) is 0 Å². The van der Waals surface area contributed by atoms with Gasteiger partial charge in [0.2, 0.25) is 5.91 Å². The number of esters is 1. The van der Waals surface area contributed by atoms with Gasteiger partial charge in [-0.3, -0.25) is 4.79 Å². The van der Waals surface area contributed by atoms with Crippen LogP contribution in [0.1, 0.15) is 26.6 Å². The smallest absolute Gasteiger partial charge is 0.339 e. The first kappa shape index (κ1) is 20.2. The lowest BCUT2D eigenvalue weighted by atomic mass is 10.2. The second kappa shape index (κ2) is 9.57. The van der Waals surface area contributed by atoms with Gasteiger partial charge in [0, 0.05) is 16.4 Å². The number of hydrogen-bond donors (Lipinski definition) is 1. The van der Waals surface area contributed by atoms with Gasteiger partial charge in [-0.15, -0.1) is 11.3 Å². The van der Waals surface area contributed by atoms with Gasteiger partial charge < -0.3 is 10.1 Å². The van der Waals surface area contributed by atoms with Crippen LogP contribution in [0.5, 0.6) is 0 Å². The van der Waals surface area contributed by atoms with Crippen molar-refractivity contribution >= 4 is 39.1 Å². The van der Waals surface area contributed by atoms with Gasteiger partial charge in [-0.1, -0.05) is 30.3 Å². The van der Waals surface area contributed by atoms with E-state index in [0.29, 0.717) is 21.7 Å². The Balaban J connectivity index is 1.48. The summed E-state index contributed by atoms with van der Waals surface area (Å²) in [6, 6.07) is 13.4. The molecule has 0 radical (unpaired) electrons. The first-order valence-electron chi connectivity index (χ1n) is 8.37. The van der Waals surface area contributed by atoms with E-state index in [-0.39, 0.29) is 24.5 Å². The van der Waals surface area contributed by atoms with E-state index in [2.05, 4.69) is 26.2 Å². The van der Waals surface area contributed by atoms with Crippen LogP contribution in [-0.2, 0) is 29.1 Å². The van der Waals surface area contributed by atoms with Crippen LogP contribution in [-0.4, -0.2) is 16.9 Å². The van der Waals surface area contributed by atoms with E-state index in [0.717, 1.165) is 5.56 Å². The lowest BCUT2D eigenvalue weighted by molar-refractivity contribution is -0.120. The molecule has 0 spiro atoms. The van der Waals surface area contributed by atoms with E-state index in [1.165, 1.54) is 29.5 Å². The van der Waals surface area contributed by atoms with Gasteiger partial charge in [-0.2, -0.15) is 0 Å². The molecule has 0 saturated heterocycles. The summed E-state index contributed by atoms with van der Waals surface area (Å²) in [7, 11) is 0. The zero-order chi connectivity index (χ0) is 19.9. The van der Waals surface area contributed by atoms with Crippen molar-refractivity contribution in [2.45, 2.75) is 19.6 Å². The number of rotatable bonds is 7. The van der Waals surface area contributed by atoms with Crippen LogP contribution in [0, 0.1) is 5.82 Å². The SMILES string of the molecule is O=C(Cc1nc(COC(=O)c2ccc(F)cc2Br)cs1)NCc1ccccc1. The number of carbonyl (C=O) groups is 2. The van der Waals surface area contributed by atoms with Gasteiger partial charge in [0.1, 0.15) is 17.4 Å². The quantitative estimate of drug-likeness (QED) is 0.532. The van der Waals surface area contributed by atoms with Crippen molar-refractivity contribution in [1.29, 1.82) is 0 Å². The van der Waals surface area contributed by atoms with E-state index in [1.807, 2.05) is 30.3 Å². The van der Waals surface area contributed by atoms with Crippen LogP contribution >= 0.6 is 27.3 Å². The van der Waals surface area contributed by atoms with Crippen LogP contribution in [0.15, 0.2) is 58.4 Å². The summed E-state index contributed by atoms with van der Waals surface area (Å²) in [6.45, 7) is 0.437. The van der Waals surface area contributed by atoms with Crippen LogP contribution in [0.4, 0.5) is 4.39 Å². The number of halogens is 2. The Kier molecular flexibility index (Phi) is 6.89. The summed E-state index contributed by atoms with van der Waals surface area (Å²) >= 11 is 4.47. The third-order valence-corrected chi connectivity index (χ3v) is 5.30. The lowest BCUT2D eigenvalue weighted by Crippen LogP contribution is -2.24. The third-order valence-electron chi connectivity index (χ3n) is 3.75. The number of carbonyl (C=O) groups excluding carboxylic acids is 2. The summed E-state index contributed by atoms with van der Waals surface area (Å²) in [4.78, 5) is 28.5. The predicted molar refractivity (Wildman–Crippen MR) is 107 cm³/mol. The number of ether oxygens (including phenoxy) is 1. The molecule has 0 saturated carbocycles. The first-order valence-corrected chi connectivity index (χ1v) is 10.0. The van der Waals surface area contributed by atoms with E-state index >= 15 is 0 Å². The number of nitrogens with one attached hydrogen (secondary N) is 1. The van der Waals surface area contributed by atoms with Crippen molar-refractivity contribution in [3.05, 3.63) is 86.0 Å². The van der Waals surface area contributed by atoms with Crippen molar-refractivity contribution in [3.63, 3.8) is 0 Å². The van der Waals surface area contributed by atoms with Crippen molar-refractivity contribution < 1.29 is 18.7 Å². The number of thiazole rings is 1. The predicted octanol–water partition coefficient (Wildman–Crippen LogP) is 4.26. The molecule has 1 heterocycles. The minimum absolute atomic E-state index is 0.0230. The monoisotopic (exact) mass is 462 g/mol. The second-order valence-electron chi connectivity index (χ2n) is 5.87. The molecule has 0 atom stereocenters. The highest BCUT2D eigenvalue weighted by molar-refractivity contribution is 9.10. The van der Waals surface area contributed by atoms with E-state index in [1.54, 1.807) is 5.38 Å². The van der Waals surface area contributed by atoms with E-state index in [9.17, 15) is 14.0 Å². The Labute approximate surface area is 173 Å². The van der Waals surface area contributed by atoms with Crippen molar-refractivity contribution in [3.8, 4) is 0 Å². The van der Waals surface area contributed by atoms with E-state index in [4.69, 9.17) is 4.74 Å². The zero-order valence-corrected chi connectivity index (χ0v) is 17.1. The molecule has 8 heteroatoms. The number of nitrogens with zero attached hydrogens (tertiary/aromatic N) is 1. The molecule has 1 amide bonds. The molecule has 0 bridgehead atoms.